The van der Waals surface area contributed by atoms with Crippen molar-refractivity contribution >= 4 is 33.5 Å². The van der Waals surface area contributed by atoms with E-state index in [-0.39, 0.29) is 23.1 Å². The van der Waals surface area contributed by atoms with Crippen molar-refractivity contribution in [1.29, 1.82) is 0 Å². The first kappa shape index (κ1) is 20.1. The van der Waals surface area contributed by atoms with Crippen LogP contribution in [0.5, 0.6) is 0 Å². The highest BCUT2D eigenvalue weighted by atomic mass is 35.5. The van der Waals surface area contributed by atoms with Crippen LogP contribution in [0.15, 0.2) is 18.5 Å². The minimum absolute atomic E-state index is 0.171. The van der Waals surface area contributed by atoms with Gasteiger partial charge >= 0.3 is 6.09 Å². The highest BCUT2D eigenvalue weighted by molar-refractivity contribution is 7.85. The van der Waals surface area contributed by atoms with E-state index < -0.39 is 21.8 Å². The van der Waals surface area contributed by atoms with Crippen molar-refractivity contribution < 1.29 is 22.1 Å². The van der Waals surface area contributed by atoms with Gasteiger partial charge in [0.2, 0.25) is 0 Å². The van der Waals surface area contributed by atoms with E-state index in [0.29, 0.717) is 5.69 Å². The Bertz CT molecular complexity index is 907. The van der Waals surface area contributed by atoms with Crippen LogP contribution in [0.1, 0.15) is 26.5 Å². The van der Waals surface area contributed by atoms with Crippen LogP contribution >= 0.6 is 11.6 Å². The van der Waals surface area contributed by atoms with Crippen LogP contribution in [0, 0.1) is 0 Å². The van der Waals surface area contributed by atoms with Crippen molar-refractivity contribution in [1.82, 2.24) is 20.0 Å². The van der Waals surface area contributed by atoms with Gasteiger partial charge < -0.3 is 4.74 Å². The number of ether oxygens (including phenoxy) is 1. The molecule has 0 spiro atoms. The molecule has 0 saturated heterocycles. The van der Waals surface area contributed by atoms with E-state index in [1.807, 2.05) is 0 Å². The minimum atomic E-state index is -3.59. The molecule has 0 bridgehead atoms. The van der Waals surface area contributed by atoms with E-state index >= 15 is 0 Å². The summed E-state index contributed by atoms with van der Waals surface area (Å²) in [6.45, 7) is 4.98. The van der Waals surface area contributed by atoms with Crippen molar-refractivity contribution in [2.75, 3.05) is 11.6 Å². The fourth-order valence-corrected chi connectivity index (χ4v) is 2.27. The first-order chi connectivity index (χ1) is 11.9. The summed E-state index contributed by atoms with van der Waals surface area (Å²) in [5.41, 5.74) is -0.0185. The highest BCUT2D eigenvalue weighted by Gasteiger charge is 2.17. The van der Waals surface area contributed by atoms with Gasteiger partial charge in [-0.25, -0.2) is 9.78 Å². The second-order valence-electron chi connectivity index (χ2n) is 6.25. The zero-order valence-electron chi connectivity index (χ0n) is 14.6. The zero-order valence-corrected chi connectivity index (χ0v) is 16.1. The number of hydrogen-bond acceptors (Lipinski definition) is 8. The third kappa shape index (κ3) is 6.24. The van der Waals surface area contributed by atoms with Gasteiger partial charge in [-0.15, -0.1) is 9.90 Å². The number of hydrogen-bond donors (Lipinski definition) is 1. The van der Waals surface area contributed by atoms with Crippen LogP contribution in [0.2, 0.25) is 5.02 Å². The number of halogens is 1. The molecule has 2 heterocycles. The molecule has 0 aromatic carbocycles. The number of rotatable bonds is 5. The second-order valence-corrected chi connectivity index (χ2v) is 8.30. The molecule has 2 aromatic heterocycles. The van der Waals surface area contributed by atoms with Crippen LogP contribution in [0.4, 0.5) is 10.5 Å². The Kier molecular flexibility index (Phi) is 5.84. The molecule has 0 aliphatic heterocycles. The Hall–Kier alpha value is -2.24. The molecule has 1 N–H and O–H groups in total. The van der Waals surface area contributed by atoms with Crippen molar-refractivity contribution in [3.63, 3.8) is 0 Å². The summed E-state index contributed by atoms with van der Waals surface area (Å²) in [5.74, 6) is 0.201. The molecule has 26 heavy (non-hydrogen) atoms. The van der Waals surface area contributed by atoms with Gasteiger partial charge in [0.15, 0.2) is 5.82 Å². The van der Waals surface area contributed by atoms with Gasteiger partial charge in [0.25, 0.3) is 10.1 Å². The van der Waals surface area contributed by atoms with Gasteiger partial charge in [0.1, 0.15) is 17.9 Å². The van der Waals surface area contributed by atoms with Crippen LogP contribution in [0.25, 0.3) is 5.82 Å². The quantitative estimate of drug-likeness (QED) is 0.752. The Morgan fingerprint density at radius 1 is 1.35 bits per heavy atom. The smallest absolute Gasteiger partial charge is 0.412 e. The second kappa shape index (κ2) is 7.56. The Morgan fingerprint density at radius 2 is 2.04 bits per heavy atom. The molecule has 0 atom stereocenters. The van der Waals surface area contributed by atoms with Gasteiger partial charge in [-0.05, 0) is 26.8 Å². The van der Waals surface area contributed by atoms with Crippen molar-refractivity contribution in [3.8, 4) is 5.82 Å². The van der Waals surface area contributed by atoms with Crippen LogP contribution < -0.4 is 5.32 Å². The summed E-state index contributed by atoms with van der Waals surface area (Å²) in [5, 5.41) is 10.7. The molecule has 12 heteroatoms. The molecule has 10 nitrogen and oxygen atoms in total. The lowest BCUT2D eigenvalue weighted by molar-refractivity contribution is 0.0636. The van der Waals surface area contributed by atoms with Crippen molar-refractivity contribution in [2.45, 2.75) is 33.0 Å². The topological polar surface area (TPSA) is 125 Å². The highest BCUT2D eigenvalue weighted by Crippen LogP contribution is 2.21. The van der Waals surface area contributed by atoms with Gasteiger partial charge in [0.05, 0.1) is 29.4 Å². The van der Waals surface area contributed by atoms with Crippen molar-refractivity contribution in [3.05, 3.63) is 29.2 Å². The molecular weight excluding hydrogens is 386 g/mol. The first-order valence-electron chi connectivity index (χ1n) is 7.34. The molecule has 142 valence electrons. The van der Waals surface area contributed by atoms with Gasteiger partial charge in [0, 0.05) is 0 Å². The molecule has 0 radical (unpaired) electrons. The average Bonchev–Trinajstić information content (AvgIpc) is 2.91. The minimum Gasteiger partial charge on any atom is -0.444 e. The standard InChI is InChI=1S/C14H18ClN5O5S/c1-14(2,3)25-13(21)18-9-5-11(15)12(16-6-9)20-17-7-10(19-20)8-24-26(4,22)23/h5-7H,8H2,1-4H3,(H,18,21). The summed E-state index contributed by atoms with van der Waals surface area (Å²) in [7, 11) is -3.59. The lowest BCUT2D eigenvalue weighted by atomic mass is 10.2. The number of nitrogens with zero attached hydrogens (tertiary/aromatic N) is 4. The Labute approximate surface area is 155 Å². The number of carbonyl (C=O) groups is 1. The number of aromatic nitrogens is 4. The molecule has 0 saturated carbocycles. The maximum absolute atomic E-state index is 11.8. The molecule has 2 rings (SSSR count). The number of pyridine rings is 1. The molecule has 0 aliphatic rings. The fourth-order valence-electron chi connectivity index (χ4n) is 1.70. The SMILES string of the molecule is CC(C)(C)OC(=O)Nc1cnc(-n2ncc(COS(C)(=O)=O)n2)c(Cl)c1. The van der Waals surface area contributed by atoms with Crippen LogP contribution in [-0.2, 0) is 25.6 Å². The first-order valence-corrected chi connectivity index (χ1v) is 9.54. The monoisotopic (exact) mass is 403 g/mol. The van der Waals surface area contributed by atoms with E-state index in [2.05, 4.69) is 24.7 Å². The maximum Gasteiger partial charge on any atom is 0.412 e. The number of nitrogens with one attached hydrogen (secondary N) is 1. The van der Waals surface area contributed by atoms with Gasteiger partial charge in [-0.2, -0.15) is 13.5 Å². The Morgan fingerprint density at radius 3 is 2.62 bits per heavy atom. The number of anilines is 1. The van der Waals surface area contributed by atoms with Crippen LogP contribution in [-0.4, -0.2) is 46.3 Å². The Balaban J connectivity index is 2.10. The van der Waals surface area contributed by atoms with Gasteiger partial charge in [-0.3, -0.25) is 9.50 Å². The molecule has 1 amide bonds. The number of amides is 1. The number of carbonyl (C=O) groups excluding carboxylic acids is 1. The summed E-state index contributed by atoms with van der Waals surface area (Å²) in [4.78, 5) is 17.0. The zero-order chi connectivity index (χ0) is 19.5. The molecule has 2 aromatic rings. The van der Waals surface area contributed by atoms with E-state index in [4.69, 9.17) is 16.3 Å². The third-order valence-electron chi connectivity index (χ3n) is 2.62. The molecule has 0 unspecified atom stereocenters. The summed E-state index contributed by atoms with van der Waals surface area (Å²) < 4.78 is 31.8. The van der Waals surface area contributed by atoms with E-state index in [9.17, 15) is 13.2 Å². The third-order valence-corrected chi connectivity index (χ3v) is 3.44. The lowest BCUT2D eigenvalue weighted by Crippen LogP contribution is -2.27. The summed E-state index contributed by atoms with van der Waals surface area (Å²) in [6.07, 6.45) is 2.99. The predicted molar refractivity (Wildman–Crippen MR) is 93.7 cm³/mol. The lowest BCUT2D eigenvalue weighted by Gasteiger charge is -2.19. The maximum atomic E-state index is 11.8. The van der Waals surface area contributed by atoms with Crippen molar-refractivity contribution in [2.24, 2.45) is 0 Å². The van der Waals surface area contributed by atoms with Crippen LogP contribution in [0.3, 0.4) is 0 Å². The molecule has 0 aliphatic carbocycles. The normalized spacial score (nSPS) is 12.0. The summed E-state index contributed by atoms with van der Waals surface area (Å²) >= 11 is 6.16. The average molecular weight is 404 g/mol. The van der Waals surface area contributed by atoms with E-state index in [1.54, 1.807) is 20.8 Å². The summed E-state index contributed by atoms with van der Waals surface area (Å²) in [6, 6.07) is 1.46. The van der Waals surface area contributed by atoms with E-state index in [0.717, 1.165) is 11.1 Å². The largest absolute Gasteiger partial charge is 0.444 e. The predicted octanol–water partition coefficient (Wildman–Crippen LogP) is 2.14. The van der Waals surface area contributed by atoms with Gasteiger partial charge in [-0.1, -0.05) is 11.6 Å². The molecule has 0 fully saturated rings. The van der Waals surface area contributed by atoms with E-state index in [1.165, 1.54) is 18.5 Å². The fraction of sp³-hybridized carbons (Fsp3) is 0.429. The molecular formula is C14H18ClN5O5S.